The second kappa shape index (κ2) is 8.87. The van der Waals surface area contributed by atoms with Crippen LogP contribution in [0.5, 0.6) is 6.01 Å². The van der Waals surface area contributed by atoms with Crippen molar-refractivity contribution in [2.24, 2.45) is 0 Å². The van der Waals surface area contributed by atoms with E-state index in [1.54, 1.807) is 23.6 Å². The van der Waals surface area contributed by atoms with Gasteiger partial charge >= 0.3 is 24.1 Å². The van der Waals surface area contributed by atoms with Gasteiger partial charge in [-0.3, -0.25) is 14.4 Å². The molecule has 2 aliphatic rings. The lowest BCUT2D eigenvalue weighted by molar-refractivity contribution is -0.389. The van der Waals surface area contributed by atoms with Gasteiger partial charge in [-0.05, 0) is 36.5 Å². The van der Waals surface area contributed by atoms with E-state index in [2.05, 4.69) is 4.98 Å². The molecule has 0 aliphatic carbocycles. The van der Waals surface area contributed by atoms with Crippen LogP contribution in [-0.4, -0.2) is 66.8 Å². The van der Waals surface area contributed by atoms with Crippen molar-refractivity contribution in [1.29, 1.82) is 0 Å². The molecular formula is C22H24F3N5O5. The number of carboxylic acid groups (broad SMARTS) is 1. The van der Waals surface area contributed by atoms with Crippen LogP contribution >= 0.6 is 0 Å². The average molecular weight is 495 g/mol. The number of carbonyl (C=O) groups is 1. The number of fused-ring (bicyclic) bond motifs is 1. The smallest absolute Gasteiger partial charge is 0.416 e. The molecule has 1 fully saturated rings. The van der Waals surface area contributed by atoms with E-state index in [4.69, 9.17) is 4.74 Å². The van der Waals surface area contributed by atoms with Crippen molar-refractivity contribution in [1.82, 2.24) is 19.4 Å². The minimum atomic E-state index is -4.49. The normalized spacial score (nSPS) is 25.0. The van der Waals surface area contributed by atoms with Crippen LogP contribution in [0.15, 0.2) is 42.6 Å². The molecule has 1 amide bonds. The lowest BCUT2D eigenvalue weighted by atomic mass is 9.91. The number of aromatic nitrogens is 2. The lowest BCUT2D eigenvalue weighted by Crippen LogP contribution is -2.59. The van der Waals surface area contributed by atoms with Crippen LogP contribution in [0.25, 0.3) is 0 Å². The van der Waals surface area contributed by atoms with Crippen molar-refractivity contribution in [2.45, 2.75) is 44.3 Å². The van der Waals surface area contributed by atoms with Gasteiger partial charge in [-0.15, -0.1) is 0 Å². The molecule has 0 spiro atoms. The number of nitrogens with zero attached hydrogens (tertiary/aromatic N) is 5. The molecule has 2 aliphatic heterocycles. The molecular weight excluding hydrogens is 471 g/mol. The summed E-state index contributed by atoms with van der Waals surface area (Å²) in [4.78, 5) is 29.5. The summed E-state index contributed by atoms with van der Waals surface area (Å²) in [7, 11) is 0. The first-order valence-corrected chi connectivity index (χ1v) is 10.9. The second-order valence-electron chi connectivity index (χ2n) is 8.85. The van der Waals surface area contributed by atoms with Crippen LogP contribution in [0.4, 0.5) is 23.8 Å². The monoisotopic (exact) mass is 495 g/mol. The summed E-state index contributed by atoms with van der Waals surface area (Å²) in [6.07, 6.45) is -0.896. The Morgan fingerprint density at radius 3 is 2.57 bits per heavy atom. The van der Waals surface area contributed by atoms with E-state index < -0.39 is 40.4 Å². The van der Waals surface area contributed by atoms with E-state index in [1.807, 2.05) is 11.8 Å². The molecule has 35 heavy (non-hydrogen) atoms. The number of nitro groups is 1. The Labute approximate surface area is 198 Å². The number of hydrogen-bond donors (Lipinski definition) is 1. The predicted molar refractivity (Wildman–Crippen MR) is 117 cm³/mol. The molecule has 3 heterocycles. The third-order valence-corrected chi connectivity index (χ3v) is 6.21. The van der Waals surface area contributed by atoms with Gasteiger partial charge in [0, 0.05) is 24.6 Å². The molecule has 0 bridgehead atoms. The zero-order valence-electron chi connectivity index (χ0n) is 19.0. The Kier molecular flexibility index (Phi) is 6.21. The van der Waals surface area contributed by atoms with Gasteiger partial charge in [-0.2, -0.15) is 13.2 Å². The van der Waals surface area contributed by atoms with Gasteiger partial charge in [0.25, 0.3) is 0 Å². The van der Waals surface area contributed by atoms with Gasteiger partial charge in [0.15, 0.2) is 0 Å². The zero-order chi connectivity index (χ0) is 25.5. The predicted octanol–water partition coefficient (Wildman–Crippen LogP) is 3.94. The quantitative estimate of drug-likeness (QED) is 0.380. The maximum absolute atomic E-state index is 13.1. The number of imidazole rings is 1. The minimum Gasteiger partial charge on any atom is -0.465 e. The summed E-state index contributed by atoms with van der Waals surface area (Å²) in [5.41, 5.74) is -1.10. The average Bonchev–Trinajstić information content (AvgIpc) is 3.28. The Morgan fingerprint density at radius 1 is 1.34 bits per heavy atom. The molecule has 1 saturated heterocycles. The number of allylic oxidation sites excluding steroid dienone is 1. The first-order valence-electron chi connectivity index (χ1n) is 10.9. The van der Waals surface area contributed by atoms with Crippen molar-refractivity contribution in [3.05, 3.63) is 63.9 Å². The molecule has 1 aromatic carbocycles. The van der Waals surface area contributed by atoms with Crippen LogP contribution < -0.4 is 4.74 Å². The molecule has 188 valence electrons. The summed E-state index contributed by atoms with van der Waals surface area (Å²) in [6, 6.07) is 3.60. The standard InChI is InChI=1S/C22H24F3N5O5/c1-3-4-16-18(14-5-7-15(8-6-14)22(23,24)25)27(9-10-29(16)20(31)32)12-21(2)13-28-11-17(30(33)34)26-19(28)35-21/h3-8,11,16,18H,9-10,12-13H2,1-2H3,(H,31,32)/t16-,18?,21?/m0/s1. The van der Waals surface area contributed by atoms with Gasteiger partial charge in [-0.25, -0.2) is 4.79 Å². The zero-order valence-corrected chi connectivity index (χ0v) is 19.0. The summed E-state index contributed by atoms with van der Waals surface area (Å²) >= 11 is 0. The molecule has 2 aromatic rings. The molecule has 0 saturated carbocycles. The molecule has 1 aromatic heterocycles. The molecule has 3 atom stereocenters. The Balaban J connectivity index is 1.65. The van der Waals surface area contributed by atoms with Crippen LogP contribution in [0.3, 0.4) is 0 Å². The number of benzene rings is 1. The number of amides is 1. The first kappa shape index (κ1) is 24.5. The van der Waals surface area contributed by atoms with Crippen molar-refractivity contribution in [3.63, 3.8) is 0 Å². The summed E-state index contributed by atoms with van der Waals surface area (Å²) in [6.45, 7) is 4.62. The maximum atomic E-state index is 13.1. The maximum Gasteiger partial charge on any atom is 0.416 e. The second-order valence-corrected chi connectivity index (χ2v) is 8.85. The van der Waals surface area contributed by atoms with Crippen LogP contribution in [0.1, 0.15) is 31.0 Å². The van der Waals surface area contributed by atoms with Gasteiger partial charge in [-0.1, -0.05) is 24.3 Å². The molecule has 1 N–H and O–H groups in total. The topological polar surface area (TPSA) is 114 Å². The minimum absolute atomic E-state index is 0.111. The fourth-order valence-corrected chi connectivity index (χ4v) is 4.79. The summed E-state index contributed by atoms with van der Waals surface area (Å²) in [5, 5.41) is 20.8. The number of halogens is 3. The van der Waals surface area contributed by atoms with E-state index in [-0.39, 0.29) is 31.5 Å². The highest BCUT2D eigenvalue weighted by atomic mass is 19.4. The molecule has 2 unspecified atom stereocenters. The molecule has 4 rings (SSSR count). The first-order chi connectivity index (χ1) is 16.4. The highest BCUT2D eigenvalue weighted by molar-refractivity contribution is 5.66. The summed E-state index contributed by atoms with van der Waals surface area (Å²) in [5.74, 6) is -0.326. The van der Waals surface area contributed by atoms with Gasteiger partial charge in [0.2, 0.25) is 0 Å². The van der Waals surface area contributed by atoms with Gasteiger partial charge in [0.1, 0.15) is 11.8 Å². The Hall–Kier alpha value is -3.61. The Bertz CT molecular complexity index is 1120. The largest absolute Gasteiger partial charge is 0.465 e. The van der Waals surface area contributed by atoms with E-state index in [9.17, 15) is 33.2 Å². The van der Waals surface area contributed by atoms with Gasteiger partial charge < -0.3 is 20.0 Å². The Morgan fingerprint density at radius 2 is 2.03 bits per heavy atom. The van der Waals surface area contributed by atoms with Crippen molar-refractivity contribution >= 4 is 11.9 Å². The number of alkyl halides is 3. The van der Waals surface area contributed by atoms with Crippen LogP contribution in [0.2, 0.25) is 0 Å². The van der Waals surface area contributed by atoms with E-state index in [1.165, 1.54) is 23.2 Å². The van der Waals surface area contributed by atoms with Crippen molar-refractivity contribution in [2.75, 3.05) is 19.6 Å². The molecule has 10 nitrogen and oxygen atoms in total. The third kappa shape index (κ3) is 4.81. The van der Waals surface area contributed by atoms with E-state index in [0.717, 1.165) is 12.1 Å². The SMILES string of the molecule is CC=C[C@H]1C(c2ccc(C(F)(F)F)cc2)N(CC2(C)Cn3cc([N+](=O)[O-])nc3O2)CCN1C(=O)O. The molecule has 13 heteroatoms. The van der Waals surface area contributed by atoms with Crippen LogP contribution in [-0.2, 0) is 12.7 Å². The van der Waals surface area contributed by atoms with Crippen molar-refractivity contribution < 1.29 is 32.7 Å². The highest BCUT2D eigenvalue weighted by Gasteiger charge is 2.46. The summed E-state index contributed by atoms with van der Waals surface area (Å²) < 4.78 is 46.9. The van der Waals surface area contributed by atoms with Crippen molar-refractivity contribution in [3.8, 4) is 6.01 Å². The lowest BCUT2D eigenvalue weighted by Gasteiger charge is -2.47. The fraction of sp³-hybridized carbons (Fsp3) is 0.455. The van der Waals surface area contributed by atoms with E-state index in [0.29, 0.717) is 12.1 Å². The van der Waals surface area contributed by atoms with Gasteiger partial charge in [0.05, 0.1) is 24.2 Å². The third-order valence-electron chi connectivity index (χ3n) is 6.21. The van der Waals surface area contributed by atoms with E-state index >= 15 is 0 Å². The van der Waals surface area contributed by atoms with Crippen LogP contribution in [0, 0.1) is 10.1 Å². The molecule has 0 radical (unpaired) electrons. The highest BCUT2D eigenvalue weighted by Crippen LogP contribution is 2.38. The number of hydrogen-bond acceptors (Lipinski definition) is 6. The number of ether oxygens (including phenoxy) is 1. The number of rotatable bonds is 5. The fourth-order valence-electron chi connectivity index (χ4n) is 4.79. The number of piperazine rings is 1.